The van der Waals surface area contributed by atoms with Gasteiger partial charge in [-0.1, -0.05) is 23.7 Å². The Morgan fingerprint density at radius 1 is 1.04 bits per heavy atom. The smallest absolute Gasteiger partial charge is 0.139 e. The van der Waals surface area contributed by atoms with E-state index in [2.05, 4.69) is 28.5 Å². The van der Waals surface area contributed by atoms with Crippen LogP contribution in [0.4, 0.5) is 0 Å². The molecule has 1 aromatic heterocycles. The summed E-state index contributed by atoms with van der Waals surface area (Å²) >= 11 is 6.24. The summed E-state index contributed by atoms with van der Waals surface area (Å²) in [4.78, 5) is 4.55. The zero-order valence-corrected chi connectivity index (χ0v) is 15.4. The van der Waals surface area contributed by atoms with Crippen molar-refractivity contribution in [2.45, 2.75) is 18.9 Å². The fourth-order valence-electron chi connectivity index (χ4n) is 3.28. The highest BCUT2D eigenvalue weighted by Crippen LogP contribution is 2.31. The van der Waals surface area contributed by atoms with Crippen molar-refractivity contribution in [1.29, 1.82) is 0 Å². The number of hydrogen-bond acceptors (Lipinski definition) is 4. The first kappa shape index (κ1) is 17.1. The molecule has 1 aliphatic rings. The largest absolute Gasteiger partial charge is 0.495 e. The highest BCUT2D eigenvalue weighted by Gasteiger charge is 2.14. The topological polar surface area (TPSA) is 43.4 Å². The lowest BCUT2D eigenvalue weighted by molar-refractivity contribution is 0.162. The molecule has 5 heteroatoms. The molecule has 2 aromatic carbocycles. The van der Waals surface area contributed by atoms with Crippen LogP contribution >= 0.6 is 11.6 Å². The van der Waals surface area contributed by atoms with Crippen molar-refractivity contribution in [3.05, 3.63) is 53.7 Å². The van der Waals surface area contributed by atoms with Crippen LogP contribution in [0.2, 0.25) is 5.02 Å². The molecule has 0 bridgehead atoms. The third-order valence-corrected chi connectivity index (χ3v) is 5.03. The molecule has 0 aliphatic carbocycles. The predicted octanol–water partition coefficient (Wildman–Crippen LogP) is 4.69. The van der Waals surface area contributed by atoms with Crippen molar-refractivity contribution >= 4 is 22.5 Å². The normalized spacial score (nSPS) is 15.2. The lowest BCUT2D eigenvalue weighted by Gasteiger charge is -2.23. The molecule has 0 radical (unpaired) electrons. The van der Waals surface area contributed by atoms with Gasteiger partial charge in [0.2, 0.25) is 0 Å². The van der Waals surface area contributed by atoms with Crippen LogP contribution in [0.5, 0.6) is 11.5 Å². The second kappa shape index (κ2) is 7.52. The fourth-order valence-corrected chi connectivity index (χ4v) is 3.52. The van der Waals surface area contributed by atoms with Gasteiger partial charge in [0.25, 0.3) is 0 Å². The quantitative estimate of drug-likeness (QED) is 0.725. The zero-order valence-electron chi connectivity index (χ0n) is 14.7. The number of aromatic nitrogens is 1. The van der Waals surface area contributed by atoms with Crippen LogP contribution in [0.1, 0.15) is 12.8 Å². The number of rotatable bonds is 4. The second-order valence-corrected chi connectivity index (χ2v) is 6.90. The van der Waals surface area contributed by atoms with E-state index in [0.29, 0.717) is 16.9 Å². The molecule has 4 rings (SSSR count). The monoisotopic (exact) mass is 368 g/mol. The molecule has 0 atom stereocenters. The number of hydrogen-bond donors (Lipinski definition) is 1. The Kier molecular flexibility index (Phi) is 4.96. The molecular formula is C21H21ClN2O2. The van der Waals surface area contributed by atoms with Crippen LogP contribution in [-0.2, 0) is 0 Å². The highest BCUT2D eigenvalue weighted by atomic mass is 35.5. The van der Waals surface area contributed by atoms with Crippen LogP contribution in [-0.4, -0.2) is 31.3 Å². The van der Waals surface area contributed by atoms with Crippen molar-refractivity contribution in [2.24, 2.45) is 0 Å². The van der Waals surface area contributed by atoms with Crippen molar-refractivity contribution in [3.63, 3.8) is 0 Å². The van der Waals surface area contributed by atoms with E-state index in [1.165, 1.54) is 0 Å². The molecule has 1 fully saturated rings. The van der Waals surface area contributed by atoms with E-state index in [0.717, 1.165) is 53.7 Å². The van der Waals surface area contributed by atoms with Crippen LogP contribution in [0.15, 0.2) is 48.7 Å². The van der Waals surface area contributed by atoms with Crippen LogP contribution < -0.4 is 14.8 Å². The summed E-state index contributed by atoms with van der Waals surface area (Å²) in [5, 5.41) is 4.93. The molecule has 1 aliphatic heterocycles. The number of nitrogens with one attached hydrogen (secondary N) is 1. The zero-order chi connectivity index (χ0) is 17.9. The third-order valence-electron chi connectivity index (χ3n) is 4.73. The lowest BCUT2D eigenvalue weighted by atomic mass is 10.0. The molecule has 1 saturated heterocycles. The number of piperidine rings is 1. The summed E-state index contributed by atoms with van der Waals surface area (Å²) in [6.45, 7) is 2.05. The molecular weight excluding hydrogens is 348 g/mol. The molecule has 1 N–H and O–H groups in total. The Labute approximate surface area is 158 Å². The maximum absolute atomic E-state index is 6.24. The standard InChI is InChI=1S/C21H21ClN2O2/c1-25-21-12-20-15(11-19(21)22)10-16(13-24-20)14-2-4-17(5-3-14)26-18-6-8-23-9-7-18/h2-5,10-13,18,23H,6-9H2,1H3. The fraction of sp³-hybridized carbons (Fsp3) is 0.286. The first-order chi connectivity index (χ1) is 12.7. The van der Waals surface area contributed by atoms with E-state index in [-0.39, 0.29) is 0 Å². The number of fused-ring (bicyclic) bond motifs is 1. The summed E-state index contributed by atoms with van der Waals surface area (Å²) < 4.78 is 11.3. The van der Waals surface area contributed by atoms with Crippen molar-refractivity contribution in [2.75, 3.05) is 20.2 Å². The average molecular weight is 369 g/mol. The Bertz CT molecular complexity index is 906. The van der Waals surface area contributed by atoms with Gasteiger partial charge >= 0.3 is 0 Å². The molecule has 0 amide bonds. The number of pyridine rings is 1. The minimum Gasteiger partial charge on any atom is -0.495 e. The summed E-state index contributed by atoms with van der Waals surface area (Å²) in [7, 11) is 1.61. The SMILES string of the molecule is COc1cc2ncc(-c3ccc(OC4CCNCC4)cc3)cc2cc1Cl. The van der Waals surface area contributed by atoms with Gasteiger partial charge in [-0.05, 0) is 55.8 Å². The maximum atomic E-state index is 6.24. The highest BCUT2D eigenvalue weighted by molar-refractivity contribution is 6.32. The molecule has 3 aromatic rings. The number of halogens is 1. The molecule has 2 heterocycles. The molecule has 0 saturated carbocycles. The minimum absolute atomic E-state index is 0.307. The Morgan fingerprint density at radius 3 is 2.54 bits per heavy atom. The first-order valence-corrected chi connectivity index (χ1v) is 9.22. The molecule has 0 unspecified atom stereocenters. The Hall–Kier alpha value is -2.30. The lowest BCUT2D eigenvalue weighted by Crippen LogP contribution is -2.34. The van der Waals surface area contributed by atoms with Gasteiger partial charge in [-0.25, -0.2) is 0 Å². The minimum atomic E-state index is 0.307. The van der Waals surface area contributed by atoms with E-state index in [1.54, 1.807) is 7.11 Å². The van der Waals surface area contributed by atoms with Gasteiger partial charge in [0.15, 0.2) is 0 Å². The van der Waals surface area contributed by atoms with Gasteiger partial charge in [0, 0.05) is 23.2 Å². The number of methoxy groups -OCH3 is 1. The summed E-state index contributed by atoms with van der Waals surface area (Å²) in [5.74, 6) is 1.56. The van der Waals surface area contributed by atoms with Crippen LogP contribution in [0.3, 0.4) is 0 Å². The maximum Gasteiger partial charge on any atom is 0.139 e. The molecule has 4 nitrogen and oxygen atoms in total. The van der Waals surface area contributed by atoms with Crippen LogP contribution in [0.25, 0.3) is 22.0 Å². The molecule has 134 valence electrons. The molecule has 26 heavy (non-hydrogen) atoms. The van der Waals surface area contributed by atoms with Gasteiger partial charge < -0.3 is 14.8 Å². The first-order valence-electron chi connectivity index (χ1n) is 8.84. The van der Waals surface area contributed by atoms with Crippen molar-refractivity contribution < 1.29 is 9.47 Å². The Morgan fingerprint density at radius 2 is 1.81 bits per heavy atom. The average Bonchev–Trinajstić information content (AvgIpc) is 2.68. The second-order valence-electron chi connectivity index (χ2n) is 6.50. The van der Waals surface area contributed by atoms with Gasteiger partial charge in [0.1, 0.15) is 17.6 Å². The van der Waals surface area contributed by atoms with E-state index >= 15 is 0 Å². The van der Waals surface area contributed by atoms with E-state index in [4.69, 9.17) is 21.1 Å². The van der Waals surface area contributed by atoms with Gasteiger partial charge in [-0.3, -0.25) is 4.98 Å². The number of nitrogens with zero attached hydrogens (tertiary/aromatic N) is 1. The van der Waals surface area contributed by atoms with Gasteiger partial charge in [-0.2, -0.15) is 0 Å². The van der Waals surface area contributed by atoms with Gasteiger partial charge in [-0.15, -0.1) is 0 Å². The van der Waals surface area contributed by atoms with Gasteiger partial charge in [0.05, 0.1) is 17.6 Å². The molecule has 0 spiro atoms. The third kappa shape index (κ3) is 3.62. The van der Waals surface area contributed by atoms with E-state index in [9.17, 15) is 0 Å². The predicted molar refractivity (Wildman–Crippen MR) is 105 cm³/mol. The van der Waals surface area contributed by atoms with E-state index in [1.807, 2.05) is 30.5 Å². The van der Waals surface area contributed by atoms with Crippen LogP contribution in [0, 0.1) is 0 Å². The van der Waals surface area contributed by atoms with Crippen molar-refractivity contribution in [1.82, 2.24) is 10.3 Å². The summed E-state index contributed by atoms with van der Waals surface area (Å²) in [6, 6.07) is 14.1. The van der Waals surface area contributed by atoms with E-state index < -0.39 is 0 Å². The number of ether oxygens (including phenoxy) is 2. The number of benzene rings is 2. The van der Waals surface area contributed by atoms with Crippen molar-refractivity contribution in [3.8, 4) is 22.6 Å². The summed E-state index contributed by atoms with van der Waals surface area (Å²) in [6.07, 6.45) is 4.29. The summed E-state index contributed by atoms with van der Waals surface area (Å²) in [5.41, 5.74) is 3.01. The Balaban J connectivity index is 1.56.